The highest BCUT2D eigenvalue weighted by Crippen LogP contribution is 2.22. The summed E-state index contributed by atoms with van der Waals surface area (Å²) in [6, 6.07) is 11.7. The second-order valence-electron chi connectivity index (χ2n) is 6.22. The molecule has 5 nitrogen and oxygen atoms in total. The number of carbonyl (C=O) groups is 2. The number of amides is 1. The number of rotatable bonds is 4. The monoisotopic (exact) mass is 358 g/mol. The fourth-order valence-electron chi connectivity index (χ4n) is 3.13. The number of piperidine rings is 1. The summed E-state index contributed by atoms with van der Waals surface area (Å²) in [6.45, 7) is 0.989. The van der Waals surface area contributed by atoms with Crippen molar-refractivity contribution in [3.8, 4) is 0 Å². The van der Waals surface area contributed by atoms with Gasteiger partial charge in [0.25, 0.3) is 5.56 Å². The number of hydrogen-bond donors (Lipinski definition) is 0. The Labute approximate surface area is 150 Å². The molecule has 0 radical (unpaired) electrons. The van der Waals surface area contributed by atoms with Gasteiger partial charge in [-0.1, -0.05) is 29.8 Å². The minimum Gasteiger partial charge on any atom is -0.340 e. The van der Waals surface area contributed by atoms with Gasteiger partial charge in [0.15, 0.2) is 5.78 Å². The standard InChI is InChI=1S/C19H19ClN2O3/c20-16-7-3-5-14(11-16)19(25)15-6-4-10-21(12-15)18(24)13-22-9-2-1-8-17(22)23/h1-3,5,7-9,11,15H,4,6,10,12-13H2/t15-/m0/s1. The van der Waals surface area contributed by atoms with Crippen LogP contribution in [-0.4, -0.2) is 34.2 Å². The fourth-order valence-corrected chi connectivity index (χ4v) is 3.32. The zero-order valence-electron chi connectivity index (χ0n) is 13.7. The number of likely N-dealkylation sites (tertiary alicyclic amines) is 1. The highest BCUT2D eigenvalue weighted by molar-refractivity contribution is 6.31. The van der Waals surface area contributed by atoms with Gasteiger partial charge in [-0.05, 0) is 31.0 Å². The summed E-state index contributed by atoms with van der Waals surface area (Å²) >= 11 is 5.96. The smallest absolute Gasteiger partial charge is 0.250 e. The van der Waals surface area contributed by atoms with Crippen molar-refractivity contribution in [1.82, 2.24) is 9.47 Å². The Morgan fingerprint density at radius 1 is 1.16 bits per heavy atom. The lowest BCUT2D eigenvalue weighted by molar-refractivity contribution is -0.133. The van der Waals surface area contributed by atoms with Crippen LogP contribution in [0.3, 0.4) is 0 Å². The lowest BCUT2D eigenvalue weighted by atomic mass is 9.90. The largest absolute Gasteiger partial charge is 0.340 e. The van der Waals surface area contributed by atoms with E-state index in [1.165, 1.54) is 10.6 Å². The molecule has 0 unspecified atom stereocenters. The van der Waals surface area contributed by atoms with E-state index in [4.69, 9.17) is 11.6 Å². The molecule has 1 aromatic heterocycles. The van der Waals surface area contributed by atoms with Crippen LogP contribution in [0.25, 0.3) is 0 Å². The van der Waals surface area contributed by atoms with Crippen LogP contribution in [0.2, 0.25) is 5.02 Å². The molecule has 2 aromatic rings. The first kappa shape index (κ1) is 17.4. The average molecular weight is 359 g/mol. The molecule has 0 N–H and O–H groups in total. The third-order valence-corrected chi connectivity index (χ3v) is 4.69. The number of halogens is 1. The first-order valence-corrected chi connectivity index (χ1v) is 8.65. The summed E-state index contributed by atoms with van der Waals surface area (Å²) in [4.78, 5) is 38.6. The van der Waals surface area contributed by atoms with E-state index in [1.807, 2.05) is 0 Å². The van der Waals surface area contributed by atoms with Gasteiger partial charge in [-0.2, -0.15) is 0 Å². The average Bonchev–Trinajstić information content (AvgIpc) is 2.63. The normalized spacial score (nSPS) is 17.3. The van der Waals surface area contributed by atoms with E-state index in [-0.39, 0.29) is 29.7 Å². The van der Waals surface area contributed by atoms with Gasteiger partial charge in [-0.3, -0.25) is 14.4 Å². The van der Waals surface area contributed by atoms with Crippen molar-refractivity contribution in [3.63, 3.8) is 0 Å². The molecular weight excluding hydrogens is 340 g/mol. The van der Waals surface area contributed by atoms with E-state index in [1.54, 1.807) is 47.5 Å². The summed E-state index contributed by atoms with van der Waals surface area (Å²) in [5.74, 6) is -0.363. The number of ketones is 1. The molecule has 3 rings (SSSR count). The minimum absolute atomic E-state index is 0.00223. The molecule has 0 saturated carbocycles. The molecule has 0 aliphatic carbocycles. The predicted molar refractivity (Wildman–Crippen MR) is 95.8 cm³/mol. The van der Waals surface area contributed by atoms with Gasteiger partial charge in [0, 0.05) is 41.9 Å². The van der Waals surface area contributed by atoms with Crippen molar-refractivity contribution in [2.24, 2.45) is 5.92 Å². The van der Waals surface area contributed by atoms with Gasteiger partial charge in [0.05, 0.1) is 0 Å². The van der Waals surface area contributed by atoms with Gasteiger partial charge in [0.1, 0.15) is 6.54 Å². The Kier molecular flexibility index (Phi) is 5.34. The molecule has 6 heteroatoms. The van der Waals surface area contributed by atoms with Crippen molar-refractivity contribution in [3.05, 3.63) is 69.6 Å². The number of Topliss-reactive ketones (excluding diaryl/α,β-unsaturated/α-hetero) is 1. The second-order valence-corrected chi connectivity index (χ2v) is 6.66. The van der Waals surface area contributed by atoms with Crippen LogP contribution in [0, 0.1) is 5.92 Å². The SMILES string of the molecule is O=C(c1cccc(Cl)c1)[C@H]1CCCN(C(=O)Cn2ccccc2=O)C1. The molecule has 1 atom stereocenters. The Morgan fingerprint density at radius 3 is 2.76 bits per heavy atom. The molecular formula is C19H19ClN2O3. The number of benzene rings is 1. The lowest BCUT2D eigenvalue weighted by Gasteiger charge is -2.32. The van der Waals surface area contributed by atoms with Crippen LogP contribution in [0.5, 0.6) is 0 Å². The molecule has 1 amide bonds. The van der Waals surface area contributed by atoms with Crippen LogP contribution in [0.1, 0.15) is 23.2 Å². The molecule has 0 spiro atoms. The van der Waals surface area contributed by atoms with Gasteiger partial charge in [-0.25, -0.2) is 0 Å². The molecule has 1 aromatic carbocycles. The fraction of sp³-hybridized carbons (Fsp3) is 0.316. The summed E-state index contributed by atoms with van der Waals surface area (Å²) in [7, 11) is 0. The van der Waals surface area contributed by atoms with Crippen LogP contribution < -0.4 is 5.56 Å². The minimum atomic E-state index is -0.233. The number of nitrogens with zero attached hydrogens (tertiary/aromatic N) is 2. The van der Waals surface area contributed by atoms with E-state index >= 15 is 0 Å². The molecule has 0 bridgehead atoms. The third-order valence-electron chi connectivity index (χ3n) is 4.46. The summed E-state index contributed by atoms with van der Waals surface area (Å²) in [6.07, 6.45) is 3.12. The van der Waals surface area contributed by atoms with Crippen LogP contribution in [0.15, 0.2) is 53.5 Å². The topological polar surface area (TPSA) is 59.4 Å². The Bertz CT molecular complexity index is 846. The van der Waals surface area contributed by atoms with Crippen molar-refractivity contribution in [1.29, 1.82) is 0 Å². The Balaban J connectivity index is 1.68. The predicted octanol–water partition coefficient (Wildman–Crippen LogP) is 2.62. The number of pyridine rings is 1. The van der Waals surface area contributed by atoms with E-state index in [9.17, 15) is 14.4 Å². The molecule has 25 heavy (non-hydrogen) atoms. The lowest BCUT2D eigenvalue weighted by Crippen LogP contribution is -2.44. The van der Waals surface area contributed by atoms with Gasteiger partial charge < -0.3 is 9.47 Å². The van der Waals surface area contributed by atoms with E-state index in [0.29, 0.717) is 23.7 Å². The zero-order valence-corrected chi connectivity index (χ0v) is 14.5. The quantitative estimate of drug-likeness (QED) is 0.789. The number of hydrogen-bond acceptors (Lipinski definition) is 3. The molecule has 2 heterocycles. The third kappa shape index (κ3) is 4.17. The highest BCUT2D eigenvalue weighted by Gasteiger charge is 2.29. The first-order valence-electron chi connectivity index (χ1n) is 8.27. The van der Waals surface area contributed by atoms with Gasteiger partial charge in [0.2, 0.25) is 5.91 Å². The number of carbonyl (C=O) groups excluding carboxylic acids is 2. The van der Waals surface area contributed by atoms with Crippen molar-refractivity contribution >= 4 is 23.3 Å². The molecule has 1 aliphatic heterocycles. The Morgan fingerprint density at radius 2 is 2.00 bits per heavy atom. The molecule has 1 saturated heterocycles. The van der Waals surface area contributed by atoms with Crippen molar-refractivity contribution in [2.75, 3.05) is 13.1 Å². The molecule has 1 aliphatic rings. The van der Waals surface area contributed by atoms with E-state index in [2.05, 4.69) is 0 Å². The highest BCUT2D eigenvalue weighted by atomic mass is 35.5. The van der Waals surface area contributed by atoms with Gasteiger partial charge in [-0.15, -0.1) is 0 Å². The van der Waals surface area contributed by atoms with Crippen LogP contribution in [0.4, 0.5) is 0 Å². The maximum Gasteiger partial charge on any atom is 0.250 e. The molecule has 130 valence electrons. The van der Waals surface area contributed by atoms with Crippen molar-refractivity contribution in [2.45, 2.75) is 19.4 Å². The van der Waals surface area contributed by atoms with E-state index in [0.717, 1.165) is 12.8 Å². The Hall–Kier alpha value is -2.40. The maximum absolute atomic E-state index is 12.7. The summed E-state index contributed by atoms with van der Waals surface area (Å²) in [5.41, 5.74) is 0.366. The van der Waals surface area contributed by atoms with Crippen LogP contribution >= 0.6 is 11.6 Å². The van der Waals surface area contributed by atoms with E-state index < -0.39 is 0 Å². The van der Waals surface area contributed by atoms with Crippen molar-refractivity contribution < 1.29 is 9.59 Å². The van der Waals surface area contributed by atoms with Crippen LogP contribution in [-0.2, 0) is 11.3 Å². The first-order chi connectivity index (χ1) is 12.0. The zero-order chi connectivity index (χ0) is 17.8. The molecule has 1 fully saturated rings. The van der Waals surface area contributed by atoms with Gasteiger partial charge >= 0.3 is 0 Å². The summed E-state index contributed by atoms with van der Waals surface area (Å²) in [5, 5.41) is 0.526. The second kappa shape index (κ2) is 7.66. The maximum atomic E-state index is 12.7. The number of aromatic nitrogens is 1. The summed E-state index contributed by atoms with van der Waals surface area (Å²) < 4.78 is 1.38.